The number of carbonyl (C=O) groups excluding carboxylic acids is 1. The quantitative estimate of drug-likeness (QED) is 0.849. The highest BCUT2D eigenvalue weighted by molar-refractivity contribution is 9.10. The normalized spacial score (nSPS) is 10.2. The molecule has 0 aliphatic rings. The second-order valence-corrected chi connectivity index (χ2v) is 4.78. The number of benzene rings is 1. The molecule has 0 aliphatic carbocycles. The van der Waals surface area contributed by atoms with E-state index in [1.807, 2.05) is 0 Å². The van der Waals surface area contributed by atoms with Gasteiger partial charge in [-0.05, 0) is 30.3 Å². The van der Waals surface area contributed by atoms with E-state index in [9.17, 15) is 9.18 Å². The molecule has 0 saturated carbocycles. The first-order valence-corrected chi connectivity index (χ1v) is 6.11. The molecule has 0 atom stereocenters. The summed E-state index contributed by atoms with van der Waals surface area (Å²) in [5.74, 6) is -0.903. The molecule has 0 fully saturated rings. The van der Waals surface area contributed by atoms with Crippen molar-refractivity contribution in [3.05, 3.63) is 57.5 Å². The molecule has 0 bridgehead atoms. The fraction of sp³-hybridized carbons (Fsp3) is 0. The number of aromatic nitrogens is 1. The SMILES string of the molecule is O=C(Nc1ccnc(Cl)c1)c1cc(F)cc(Br)c1. The molecule has 6 heteroatoms. The van der Waals surface area contributed by atoms with Crippen LogP contribution < -0.4 is 5.32 Å². The first-order chi connectivity index (χ1) is 8.54. The van der Waals surface area contributed by atoms with E-state index in [0.717, 1.165) is 6.07 Å². The molecule has 0 radical (unpaired) electrons. The lowest BCUT2D eigenvalue weighted by Crippen LogP contribution is -2.12. The summed E-state index contributed by atoms with van der Waals surface area (Å²) in [7, 11) is 0. The van der Waals surface area contributed by atoms with Gasteiger partial charge >= 0.3 is 0 Å². The van der Waals surface area contributed by atoms with Crippen molar-refractivity contribution < 1.29 is 9.18 Å². The number of nitrogens with one attached hydrogen (secondary N) is 1. The number of pyridine rings is 1. The Morgan fingerprint density at radius 3 is 2.78 bits per heavy atom. The van der Waals surface area contributed by atoms with Crippen molar-refractivity contribution in [3.8, 4) is 0 Å². The minimum Gasteiger partial charge on any atom is -0.322 e. The molecule has 1 heterocycles. The van der Waals surface area contributed by atoms with Gasteiger partial charge in [0.1, 0.15) is 11.0 Å². The van der Waals surface area contributed by atoms with Crippen LogP contribution in [0.15, 0.2) is 41.0 Å². The van der Waals surface area contributed by atoms with Gasteiger partial charge in [0.05, 0.1) is 0 Å². The van der Waals surface area contributed by atoms with E-state index >= 15 is 0 Å². The van der Waals surface area contributed by atoms with Gasteiger partial charge in [-0.1, -0.05) is 27.5 Å². The number of amides is 1. The van der Waals surface area contributed by atoms with Gasteiger partial charge in [-0.2, -0.15) is 0 Å². The van der Waals surface area contributed by atoms with E-state index in [1.54, 1.807) is 6.07 Å². The Labute approximate surface area is 116 Å². The highest BCUT2D eigenvalue weighted by Crippen LogP contribution is 2.17. The van der Waals surface area contributed by atoms with Crippen LogP contribution >= 0.6 is 27.5 Å². The van der Waals surface area contributed by atoms with Gasteiger partial charge in [0, 0.05) is 21.9 Å². The number of hydrogen-bond donors (Lipinski definition) is 1. The standard InChI is InChI=1S/C12H7BrClFN2O/c13-8-3-7(4-9(15)5-8)12(18)17-10-1-2-16-11(14)6-10/h1-6H,(H,16,17,18). The molecule has 0 aliphatic heterocycles. The zero-order chi connectivity index (χ0) is 13.1. The van der Waals surface area contributed by atoms with E-state index < -0.39 is 11.7 Å². The van der Waals surface area contributed by atoms with E-state index in [4.69, 9.17) is 11.6 Å². The summed E-state index contributed by atoms with van der Waals surface area (Å²) in [5, 5.41) is 2.87. The van der Waals surface area contributed by atoms with Crippen molar-refractivity contribution in [2.24, 2.45) is 0 Å². The van der Waals surface area contributed by atoms with Crippen LogP contribution in [-0.4, -0.2) is 10.9 Å². The molecule has 1 amide bonds. The number of nitrogens with zero attached hydrogens (tertiary/aromatic N) is 1. The van der Waals surface area contributed by atoms with E-state index in [2.05, 4.69) is 26.2 Å². The molecule has 0 saturated heterocycles. The zero-order valence-corrected chi connectivity index (χ0v) is 11.3. The molecule has 1 aromatic carbocycles. The van der Waals surface area contributed by atoms with E-state index in [-0.39, 0.29) is 10.7 Å². The summed E-state index contributed by atoms with van der Waals surface area (Å²) in [4.78, 5) is 15.7. The Morgan fingerprint density at radius 1 is 1.33 bits per heavy atom. The second-order valence-electron chi connectivity index (χ2n) is 3.48. The number of anilines is 1. The third kappa shape index (κ3) is 3.27. The van der Waals surface area contributed by atoms with Crippen LogP contribution in [0, 0.1) is 5.82 Å². The molecule has 0 spiro atoms. The van der Waals surface area contributed by atoms with Gasteiger partial charge in [-0.25, -0.2) is 9.37 Å². The van der Waals surface area contributed by atoms with Crippen LogP contribution in [0.3, 0.4) is 0 Å². The Kier molecular flexibility index (Phi) is 3.93. The summed E-state index contributed by atoms with van der Waals surface area (Å²) in [5.41, 5.74) is 0.718. The third-order valence-corrected chi connectivity index (χ3v) is 2.77. The van der Waals surface area contributed by atoms with Crippen LogP contribution in [0.2, 0.25) is 5.15 Å². The van der Waals surface area contributed by atoms with Crippen LogP contribution in [0.5, 0.6) is 0 Å². The molecule has 92 valence electrons. The predicted molar refractivity (Wildman–Crippen MR) is 71.3 cm³/mol. The van der Waals surface area contributed by atoms with Crippen molar-refractivity contribution in [2.75, 3.05) is 5.32 Å². The largest absolute Gasteiger partial charge is 0.322 e. The summed E-state index contributed by atoms with van der Waals surface area (Å²) in [6.45, 7) is 0. The monoisotopic (exact) mass is 328 g/mol. The first-order valence-electron chi connectivity index (χ1n) is 4.93. The van der Waals surface area contributed by atoms with Crippen molar-refractivity contribution >= 4 is 39.1 Å². The van der Waals surface area contributed by atoms with Crippen molar-refractivity contribution in [2.45, 2.75) is 0 Å². The number of rotatable bonds is 2. The van der Waals surface area contributed by atoms with Crippen LogP contribution in [0.1, 0.15) is 10.4 Å². The molecule has 1 aromatic heterocycles. The number of halogens is 3. The van der Waals surface area contributed by atoms with E-state index in [1.165, 1.54) is 24.4 Å². The lowest BCUT2D eigenvalue weighted by molar-refractivity contribution is 0.102. The maximum Gasteiger partial charge on any atom is 0.255 e. The lowest BCUT2D eigenvalue weighted by atomic mass is 10.2. The fourth-order valence-electron chi connectivity index (χ4n) is 1.37. The van der Waals surface area contributed by atoms with Gasteiger partial charge < -0.3 is 5.32 Å². The molecule has 3 nitrogen and oxygen atoms in total. The minimum atomic E-state index is -0.484. The smallest absolute Gasteiger partial charge is 0.255 e. The highest BCUT2D eigenvalue weighted by atomic mass is 79.9. The van der Waals surface area contributed by atoms with Crippen LogP contribution in [-0.2, 0) is 0 Å². The van der Waals surface area contributed by atoms with Crippen molar-refractivity contribution in [1.82, 2.24) is 4.98 Å². The first kappa shape index (κ1) is 13.0. The topological polar surface area (TPSA) is 42.0 Å². The summed E-state index contributed by atoms with van der Waals surface area (Å²) in [6.07, 6.45) is 1.47. The summed E-state index contributed by atoms with van der Waals surface area (Å²) < 4.78 is 13.7. The fourth-order valence-corrected chi connectivity index (χ4v) is 2.01. The maximum absolute atomic E-state index is 13.2. The second kappa shape index (κ2) is 5.46. The Hall–Kier alpha value is -1.46. The molecular weight excluding hydrogens is 322 g/mol. The highest BCUT2D eigenvalue weighted by Gasteiger charge is 2.09. The van der Waals surface area contributed by atoms with Gasteiger partial charge in [0.2, 0.25) is 0 Å². The van der Waals surface area contributed by atoms with Gasteiger partial charge in [-0.15, -0.1) is 0 Å². The molecule has 18 heavy (non-hydrogen) atoms. The van der Waals surface area contributed by atoms with Crippen LogP contribution in [0.25, 0.3) is 0 Å². The Balaban J connectivity index is 2.22. The van der Waals surface area contributed by atoms with Crippen molar-refractivity contribution in [1.29, 1.82) is 0 Å². The summed E-state index contributed by atoms with van der Waals surface area (Å²) >= 11 is 8.82. The average Bonchev–Trinajstić information content (AvgIpc) is 2.27. The van der Waals surface area contributed by atoms with Gasteiger partial charge in [0.25, 0.3) is 5.91 Å². The number of hydrogen-bond acceptors (Lipinski definition) is 2. The average molecular weight is 330 g/mol. The molecular formula is C12H7BrClFN2O. The van der Waals surface area contributed by atoms with E-state index in [0.29, 0.717) is 10.2 Å². The van der Waals surface area contributed by atoms with Crippen LogP contribution in [0.4, 0.5) is 10.1 Å². The molecule has 0 unspecified atom stereocenters. The zero-order valence-electron chi connectivity index (χ0n) is 8.95. The van der Waals surface area contributed by atoms with Gasteiger partial charge in [0.15, 0.2) is 0 Å². The molecule has 1 N–H and O–H groups in total. The molecule has 2 rings (SSSR count). The predicted octanol–water partition coefficient (Wildman–Crippen LogP) is 3.89. The Morgan fingerprint density at radius 2 is 2.11 bits per heavy atom. The van der Waals surface area contributed by atoms with Gasteiger partial charge in [-0.3, -0.25) is 4.79 Å². The molecule has 2 aromatic rings. The summed E-state index contributed by atoms with van der Waals surface area (Å²) in [6, 6.07) is 7.07. The lowest BCUT2D eigenvalue weighted by Gasteiger charge is -2.05. The third-order valence-electron chi connectivity index (χ3n) is 2.11. The number of carbonyl (C=O) groups is 1. The van der Waals surface area contributed by atoms with Crippen molar-refractivity contribution in [3.63, 3.8) is 0 Å². The Bertz CT molecular complexity index is 586. The maximum atomic E-state index is 13.2. The minimum absolute atomic E-state index is 0.217.